The van der Waals surface area contributed by atoms with Crippen LogP contribution in [0, 0.1) is 6.92 Å². The summed E-state index contributed by atoms with van der Waals surface area (Å²) in [5.41, 5.74) is 0.574. The quantitative estimate of drug-likeness (QED) is 0.895. The van der Waals surface area contributed by atoms with Gasteiger partial charge in [0.15, 0.2) is 0 Å². The van der Waals surface area contributed by atoms with E-state index in [1.165, 1.54) is 0 Å². The summed E-state index contributed by atoms with van der Waals surface area (Å²) in [6.07, 6.45) is 0. The summed E-state index contributed by atoms with van der Waals surface area (Å²) in [4.78, 5) is 15.7. The number of halogens is 2. The lowest BCUT2D eigenvalue weighted by Crippen LogP contribution is -2.14. The standard InChI is InChI=1S/C10H8BrClN4O/c1-5-13-9(16-15-5)10(17)14-8-4-6(12)2-3-7(8)11/h2-4H,1H3,(H,14,17)(H,13,15,16). The molecular formula is C10H8BrClN4O. The summed E-state index contributed by atoms with van der Waals surface area (Å²) in [7, 11) is 0. The molecule has 1 aromatic heterocycles. The Balaban J connectivity index is 2.21. The number of carbonyl (C=O) groups is 1. The molecule has 0 atom stereocenters. The number of amides is 1. The van der Waals surface area contributed by atoms with E-state index >= 15 is 0 Å². The Hall–Kier alpha value is -1.40. The van der Waals surface area contributed by atoms with Gasteiger partial charge in [-0.25, -0.2) is 4.98 Å². The monoisotopic (exact) mass is 314 g/mol. The van der Waals surface area contributed by atoms with Gasteiger partial charge in [0.25, 0.3) is 5.91 Å². The Kier molecular flexibility index (Phi) is 3.44. The first-order valence-electron chi connectivity index (χ1n) is 4.71. The van der Waals surface area contributed by atoms with Crippen molar-refractivity contribution in [3.8, 4) is 0 Å². The maximum Gasteiger partial charge on any atom is 0.295 e. The lowest BCUT2D eigenvalue weighted by Gasteiger charge is -2.05. The normalized spacial score (nSPS) is 10.3. The number of aromatic amines is 1. The molecule has 0 aliphatic heterocycles. The first-order chi connectivity index (χ1) is 8.06. The Morgan fingerprint density at radius 1 is 1.53 bits per heavy atom. The average molecular weight is 316 g/mol. The van der Waals surface area contributed by atoms with Crippen molar-refractivity contribution in [1.82, 2.24) is 15.2 Å². The summed E-state index contributed by atoms with van der Waals surface area (Å²) < 4.78 is 0.738. The van der Waals surface area contributed by atoms with Gasteiger partial charge in [0, 0.05) is 9.50 Å². The molecule has 17 heavy (non-hydrogen) atoms. The molecule has 2 rings (SSSR count). The SMILES string of the molecule is Cc1nc(C(=O)Nc2cc(Cl)ccc2Br)n[nH]1. The smallest absolute Gasteiger partial charge is 0.295 e. The second-order valence-corrected chi connectivity index (χ2v) is 4.61. The van der Waals surface area contributed by atoms with Crippen LogP contribution in [0.25, 0.3) is 0 Å². The Bertz CT molecular complexity index is 569. The second kappa shape index (κ2) is 4.85. The number of H-pyrrole nitrogens is 1. The van der Waals surface area contributed by atoms with E-state index in [1.807, 2.05) is 0 Å². The van der Waals surface area contributed by atoms with Crippen LogP contribution in [0.1, 0.15) is 16.4 Å². The molecule has 0 fully saturated rings. The largest absolute Gasteiger partial charge is 0.318 e. The number of rotatable bonds is 2. The van der Waals surface area contributed by atoms with Crippen LogP contribution in [-0.4, -0.2) is 21.1 Å². The van der Waals surface area contributed by atoms with Crippen molar-refractivity contribution in [3.63, 3.8) is 0 Å². The molecule has 1 amide bonds. The van der Waals surface area contributed by atoms with Gasteiger partial charge in [-0.2, -0.15) is 0 Å². The van der Waals surface area contributed by atoms with Crippen molar-refractivity contribution < 1.29 is 4.79 Å². The minimum absolute atomic E-state index is 0.0920. The molecule has 0 aliphatic rings. The van der Waals surface area contributed by atoms with Crippen molar-refractivity contribution in [2.45, 2.75) is 6.92 Å². The highest BCUT2D eigenvalue weighted by atomic mass is 79.9. The lowest BCUT2D eigenvalue weighted by atomic mass is 10.3. The van der Waals surface area contributed by atoms with Crippen LogP contribution in [-0.2, 0) is 0 Å². The van der Waals surface area contributed by atoms with Gasteiger partial charge in [-0.15, -0.1) is 5.10 Å². The number of nitrogens with zero attached hydrogens (tertiary/aromatic N) is 2. The van der Waals surface area contributed by atoms with E-state index in [0.717, 1.165) is 4.47 Å². The fourth-order valence-electron chi connectivity index (χ4n) is 1.22. The summed E-state index contributed by atoms with van der Waals surface area (Å²) in [5.74, 6) is 0.284. The van der Waals surface area contributed by atoms with Gasteiger partial charge in [0.1, 0.15) is 5.82 Å². The predicted octanol–water partition coefficient (Wildman–Crippen LogP) is 2.78. The first-order valence-corrected chi connectivity index (χ1v) is 5.89. The molecular weight excluding hydrogens is 307 g/mol. The lowest BCUT2D eigenvalue weighted by molar-refractivity contribution is 0.101. The molecule has 0 radical (unpaired) electrons. The topological polar surface area (TPSA) is 70.7 Å². The van der Waals surface area contributed by atoms with Gasteiger partial charge in [-0.05, 0) is 41.1 Å². The highest BCUT2D eigenvalue weighted by Crippen LogP contribution is 2.26. The van der Waals surface area contributed by atoms with Crippen molar-refractivity contribution in [2.75, 3.05) is 5.32 Å². The van der Waals surface area contributed by atoms with Gasteiger partial charge >= 0.3 is 0 Å². The molecule has 7 heteroatoms. The molecule has 2 N–H and O–H groups in total. The highest BCUT2D eigenvalue weighted by Gasteiger charge is 2.12. The number of hydrogen-bond acceptors (Lipinski definition) is 3. The van der Waals surface area contributed by atoms with E-state index in [4.69, 9.17) is 11.6 Å². The third-order valence-electron chi connectivity index (χ3n) is 1.98. The van der Waals surface area contributed by atoms with Gasteiger partial charge in [-0.1, -0.05) is 11.6 Å². The second-order valence-electron chi connectivity index (χ2n) is 3.32. The van der Waals surface area contributed by atoms with Crippen molar-refractivity contribution in [3.05, 3.63) is 39.3 Å². The molecule has 1 heterocycles. The molecule has 1 aromatic carbocycles. The number of benzene rings is 1. The van der Waals surface area contributed by atoms with E-state index < -0.39 is 5.91 Å². The number of hydrogen-bond donors (Lipinski definition) is 2. The van der Waals surface area contributed by atoms with Crippen LogP contribution in [0.2, 0.25) is 5.02 Å². The molecule has 5 nitrogen and oxygen atoms in total. The van der Waals surface area contributed by atoms with Crippen molar-refractivity contribution in [1.29, 1.82) is 0 Å². The number of carbonyl (C=O) groups excluding carboxylic acids is 1. The molecule has 0 saturated heterocycles. The van der Waals surface area contributed by atoms with Crippen LogP contribution in [0.4, 0.5) is 5.69 Å². The Labute approximate surface area is 111 Å². The number of aromatic nitrogens is 3. The van der Waals surface area contributed by atoms with Crippen LogP contribution in [0.5, 0.6) is 0 Å². The molecule has 0 bridgehead atoms. The van der Waals surface area contributed by atoms with E-state index in [-0.39, 0.29) is 5.82 Å². The fraction of sp³-hybridized carbons (Fsp3) is 0.100. The van der Waals surface area contributed by atoms with E-state index in [1.54, 1.807) is 25.1 Å². The number of aryl methyl sites for hydroxylation is 1. The molecule has 2 aromatic rings. The molecule has 88 valence electrons. The van der Waals surface area contributed by atoms with Crippen molar-refractivity contribution >= 4 is 39.1 Å². The predicted molar refractivity (Wildman–Crippen MR) is 68.2 cm³/mol. The average Bonchev–Trinajstić information content (AvgIpc) is 2.70. The van der Waals surface area contributed by atoms with Crippen LogP contribution >= 0.6 is 27.5 Å². The first kappa shape index (κ1) is 12.1. The van der Waals surface area contributed by atoms with Gasteiger partial charge in [0.05, 0.1) is 5.69 Å². The third-order valence-corrected chi connectivity index (χ3v) is 2.90. The zero-order chi connectivity index (χ0) is 12.4. The zero-order valence-electron chi connectivity index (χ0n) is 8.79. The van der Waals surface area contributed by atoms with Gasteiger partial charge in [-0.3, -0.25) is 9.89 Å². The molecule has 0 unspecified atom stereocenters. The van der Waals surface area contributed by atoms with Gasteiger partial charge in [0.2, 0.25) is 5.82 Å². The number of anilines is 1. The van der Waals surface area contributed by atoms with Crippen LogP contribution in [0.15, 0.2) is 22.7 Å². The summed E-state index contributed by atoms with van der Waals surface area (Å²) in [6, 6.07) is 5.11. The highest BCUT2D eigenvalue weighted by molar-refractivity contribution is 9.10. The summed E-state index contributed by atoms with van der Waals surface area (Å²) >= 11 is 9.16. The molecule has 0 spiro atoms. The number of nitrogens with one attached hydrogen (secondary N) is 2. The Morgan fingerprint density at radius 2 is 2.29 bits per heavy atom. The fourth-order valence-corrected chi connectivity index (χ4v) is 1.73. The minimum Gasteiger partial charge on any atom is -0.318 e. The van der Waals surface area contributed by atoms with Crippen LogP contribution < -0.4 is 5.32 Å². The molecule has 0 saturated carbocycles. The summed E-state index contributed by atoms with van der Waals surface area (Å²) in [6.45, 7) is 1.72. The van der Waals surface area contributed by atoms with E-state index in [9.17, 15) is 4.79 Å². The maximum atomic E-state index is 11.8. The van der Waals surface area contributed by atoms with Crippen LogP contribution in [0.3, 0.4) is 0 Å². The molecule has 0 aliphatic carbocycles. The zero-order valence-corrected chi connectivity index (χ0v) is 11.1. The van der Waals surface area contributed by atoms with E-state index in [2.05, 4.69) is 36.4 Å². The Morgan fingerprint density at radius 3 is 2.94 bits per heavy atom. The van der Waals surface area contributed by atoms with E-state index in [0.29, 0.717) is 16.5 Å². The summed E-state index contributed by atoms with van der Waals surface area (Å²) in [5, 5.41) is 9.57. The van der Waals surface area contributed by atoms with Gasteiger partial charge < -0.3 is 5.32 Å². The minimum atomic E-state index is -0.391. The van der Waals surface area contributed by atoms with Crippen molar-refractivity contribution in [2.24, 2.45) is 0 Å². The maximum absolute atomic E-state index is 11.8. The third kappa shape index (κ3) is 2.83.